The highest BCUT2D eigenvalue weighted by Crippen LogP contribution is 2.27. The van der Waals surface area contributed by atoms with E-state index >= 15 is 0 Å². The largest absolute Gasteiger partial charge is 0.433 e. The molecule has 0 aliphatic rings. The highest BCUT2D eigenvalue weighted by molar-refractivity contribution is 5.64. The van der Waals surface area contributed by atoms with Crippen LogP contribution in [0.25, 0.3) is 0 Å². The van der Waals surface area contributed by atoms with E-state index in [0.717, 1.165) is 0 Å². The minimum Gasteiger partial charge on any atom is -0.433 e. The Labute approximate surface area is 102 Å². The smallest absolute Gasteiger partial charge is 0.387 e. The summed E-state index contributed by atoms with van der Waals surface area (Å²) in [7, 11) is 0. The third-order valence-corrected chi connectivity index (χ3v) is 2.04. The van der Waals surface area contributed by atoms with E-state index in [1.165, 1.54) is 12.3 Å². The van der Waals surface area contributed by atoms with Gasteiger partial charge < -0.3 is 15.8 Å². The highest BCUT2D eigenvalue weighted by atomic mass is 19.3. The lowest BCUT2D eigenvalue weighted by Crippen LogP contribution is -2.05. The zero-order valence-corrected chi connectivity index (χ0v) is 9.18. The van der Waals surface area contributed by atoms with Gasteiger partial charge in [0.25, 0.3) is 0 Å². The molecule has 0 amide bonds. The molecular weight excluding hydrogens is 242 g/mol. The van der Waals surface area contributed by atoms with E-state index in [1.807, 2.05) is 0 Å². The number of anilines is 3. The van der Waals surface area contributed by atoms with Gasteiger partial charge in [0.15, 0.2) is 0 Å². The Kier molecular flexibility index (Phi) is 3.52. The van der Waals surface area contributed by atoms with E-state index in [9.17, 15) is 8.78 Å². The summed E-state index contributed by atoms with van der Waals surface area (Å²) >= 11 is 0. The molecule has 0 aliphatic carbocycles. The van der Waals surface area contributed by atoms with Crippen LogP contribution >= 0.6 is 0 Å². The van der Waals surface area contributed by atoms with Crippen LogP contribution in [0.15, 0.2) is 36.5 Å². The molecular formula is C11H10F2N4O. The van der Waals surface area contributed by atoms with Crippen molar-refractivity contribution in [3.05, 3.63) is 36.5 Å². The zero-order valence-electron chi connectivity index (χ0n) is 9.18. The highest BCUT2D eigenvalue weighted by Gasteiger charge is 2.09. The summed E-state index contributed by atoms with van der Waals surface area (Å²) in [6.45, 7) is -2.89. The van der Waals surface area contributed by atoms with E-state index in [0.29, 0.717) is 11.5 Å². The van der Waals surface area contributed by atoms with E-state index in [4.69, 9.17) is 5.73 Å². The third-order valence-electron chi connectivity index (χ3n) is 2.04. The third kappa shape index (κ3) is 3.03. The van der Waals surface area contributed by atoms with Crippen LogP contribution in [0.1, 0.15) is 0 Å². The summed E-state index contributed by atoms with van der Waals surface area (Å²) in [5, 5.41) is 2.83. The monoisotopic (exact) mass is 252 g/mol. The summed E-state index contributed by atoms with van der Waals surface area (Å²) in [4.78, 5) is 7.63. The number of nitrogen functional groups attached to an aromatic ring is 1. The predicted octanol–water partition coefficient (Wildman–Crippen LogP) is 2.40. The average molecular weight is 252 g/mol. The predicted molar refractivity (Wildman–Crippen MR) is 62.8 cm³/mol. The number of halogens is 2. The molecule has 7 heteroatoms. The second kappa shape index (κ2) is 5.26. The molecule has 0 saturated carbocycles. The number of hydrogen-bond acceptors (Lipinski definition) is 5. The van der Waals surface area contributed by atoms with Crippen LogP contribution in [0.4, 0.5) is 26.2 Å². The molecule has 1 aromatic heterocycles. The Morgan fingerprint density at radius 2 is 2.00 bits per heavy atom. The minimum atomic E-state index is -2.89. The number of hydrogen-bond donors (Lipinski definition) is 2. The van der Waals surface area contributed by atoms with Gasteiger partial charge in [-0.2, -0.15) is 13.8 Å². The summed E-state index contributed by atoms with van der Waals surface area (Å²) in [6.07, 6.45) is 1.46. The summed E-state index contributed by atoms with van der Waals surface area (Å²) in [5.74, 6) is 0.518. The summed E-state index contributed by atoms with van der Waals surface area (Å²) in [5.41, 5.74) is 5.79. The second-order valence-electron chi connectivity index (χ2n) is 3.30. The maximum atomic E-state index is 12.2. The van der Waals surface area contributed by atoms with Crippen LogP contribution in [0, 0.1) is 0 Å². The van der Waals surface area contributed by atoms with E-state index < -0.39 is 6.61 Å². The first-order valence-corrected chi connectivity index (χ1v) is 5.04. The SMILES string of the molecule is Nc1nccc(Nc2ccccc2OC(F)F)n1. The molecule has 5 nitrogen and oxygen atoms in total. The Morgan fingerprint density at radius 3 is 2.72 bits per heavy atom. The first kappa shape index (κ1) is 12.0. The van der Waals surface area contributed by atoms with Crippen molar-refractivity contribution in [1.82, 2.24) is 9.97 Å². The molecule has 94 valence electrons. The van der Waals surface area contributed by atoms with Gasteiger partial charge in [0, 0.05) is 6.20 Å². The normalized spacial score (nSPS) is 10.4. The van der Waals surface area contributed by atoms with Gasteiger partial charge in [0.1, 0.15) is 11.6 Å². The van der Waals surface area contributed by atoms with Gasteiger partial charge >= 0.3 is 6.61 Å². The first-order valence-electron chi connectivity index (χ1n) is 5.04. The van der Waals surface area contributed by atoms with Crippen molar-refractivity contribution in [2.75, 3.05) is 11.1 Å². The number of rotatable bonds is 4. The van der Waals surface area contributed by atoms with Crippen molar-refractivity contribution in [2.45, 2.75) is 6.61 Å². The van der Waals surface area contributed by atoms with E-state index in [-0.39, 0.29) is 11.7 Å². The molecule has 0 saturated heterocycles. The topological polar surface area (TPSA) is 73.1 Å². The molecule has 0 atom stereocenters. The average Bonchev–Trinajstić information content (AvgIpc) is 2.31. The van der Waals surface area contributed by atoms with Crippen molar-refractivity contribution >= 4 is 17.5 Å². The van der Waals surface area contributed by atoms with Gasteiger partial charge in [0.05, 0.1) is 5.69 Å². The van der Waals surface area contributed by atoms with Crippen LogP contribution in [0.5, 0.6) is 5.75 Å². The fraction of sp³-hybridized carbons (Fsp3) is 0.0909. The molecule has 0 spiro atoms. The maximum absolute atomic E-state index is 12.2. The lowest BCUT2D eigenvalue weighted by atomic mass is 10.3. The van der Waals surface area contributed by atoms with Crippen molar-refractivity contribution < 1.29 is 13.5 Å². The number of ether oxygens (including phenoxy) is 1. The molecule has 0 bridgehead atoms. The van der Waals surface area contributed by atoms with Gasteiger partial charge in [-0.15, -0.1) is 0 Å². The molecule has 2 rings (SSSR count). The van der Waals surface area contributed by atoms with Crippen LogP contribution in [0.3, 0.4) is 0 Å². The molecule has 3 N–H and O–H groups in total. The Hall–Kier alpha value is -2.44. The number of alkyl halides is 2. The van der Waals surface area contributed by atoms with Gasteiger partial charge in [0.2, 0.25) is 5.95 Å². The number of aromatic nitrogens is 2. The number of para-hydroxylation sites is 2. The lowest BCUT2D eigenvalue weighted by molar-refractivity contribution is -0.0493. The van der Waals surface area contributed by atoms with E-state index in [1.54, 1.807) is 24.3 Å². The number of benzene rings is 1. The quantitative estimate of drug-likeness (QED) is 0.874. The summed E-state index contributed by atoms with van der Waals surface area (Å²) in [6, 6.07) is 7.87. The van der Waals surface area contributed by atoms with Crippen molar-refractivity contribution in [3.8, 4) is 5.75 Å². The Morgan fingerprint density at radius 1 is 1.22 bits per heavy atom. The minimum absolute atomic E-state index is 0.0321. The molecule has 2 aromatic rings. The number of nitrogens with one attached hydrogen (secondary N) is 1. The fourth-order valence-electron chi connectivity index (χ4n) is 1.35. The van der Waals surface area contributed by atoms with Crippen molar-refractivity contribution in [3.63, 3.8) is 0 Å². The molecule has 0 fully saturated rings. The van der Waals surface area contributed by atoms with Gasteiger partial charge in [-0.1, -0.05) is 12.1 Å². The molecule has 18 heavy (non-hydrogen) atoms. The van der Waals surface area contributed by atoms with Crippen LogP contribution in [0.2, 0.25) is 0 Å². The number of nitrogens with zero attached hydrogens (tertiary/aromatic N) is 2. The standard InChI is InChI=1S/C11H10F2N4O/c12-10(13)18-8-4-2-1-3-7(8)16-9-5-6-15-11(14)17-9/h1-6,10H,(H3,14,15,16,17). The fourth-order valence-corrected chi connectivity index (χ4v) is 1.35. The van der Waals surface area contributed by atoms with Crippen molar-refractivity contribution in [1.29, 1.82) is 0 Å². The molecule has 1 aromatic carbocycles. The van der Waals surface area contributed by atoms with Gasteiger partial charge in [-0.3, -0.25) is 0 Å². The van der Waals surface area contributed by atoms with Crippen LogP contribution in [-0.2, 0) is 0 Å². The Balaban J connectivity index is 2.23. The van der Waals surface area contributed by atoms with Crippen molar-refractivity contribution in [2.24, 2.45) is 0 Å². The summed E-state index contributed by atoms with van der Waals surface area (Å²) < 4.78 is 28.8. The molecule has 1 heterocycles. The maximum Gasteiger partial charge on any atom is 0.387 e. The Bertz CT molecular complexity index is 536. The van der Waals surface area contributed by atoms with Gasteiger partial charge in [-0.05, 0) is 18.2 Å². The zero-order chi connectivity index (χ0) is 13.0. The molecule has 0 radical (unpaired) electrons. The van der Waals surface area contributed by atoms with E-state index in [2.05, 4.69) is 20.0 Å². The van der Waals surface area contributed by atoms with Gasteiger partial charge in [-0.25, -0.2) is 4.98 Å². The second-order valence-corrected chi connectivity index (χ2v) is 3.30. The van der Waals surface area contributed by atoms with Crippen LogP contribution in [-0.4, -0.2) is 16.6 Å². The number of nitrogens with two attached hydrogens (primary N) is 1. The molecule has 0 unspecified atom stereocenters. The lowest BCUT2D eigenvalue weighted by Gasteiger charge is -2.11. The van der Waals surface area contributed by atoms with Crippen LogP contribution < -0.4 is 15.8 Å². The molecule has 0 aliphatic heterocycles. The first-order chi connectivity index (χ1) is 8.65.